The van der Waals surface area contributed by atoms with E-state index >= 15 is 0 Å². The molecule has 1 atom stereocenters. The van der Waals surface area contributed by atoms with Crippen LogP contribution in [0.4, 0.5) is 0 Å². The van der Waals surface area contributed by atoms with Crippen LogP contribution in [0.2, 0.25) is 0 Å². The van der Waals surface area contributed by atoms with Gasteiger partial charge in [-0.15, -0.1) is 0 Å². The molecule has 0 heterocycles. The van der Waals surface area contributed by atoms with Gasteiger partial charge >= 0.3 is 0 Å². The highest BCUT2D eigenvalue weighted by molar-refractivity contribution is 5.94. The number of hydrogen-bond donors (Lipinski definition) is 2. The topological polar surface area (TPSA) is 49.3 Å². The summed E-state index contributed by atoms with van der Waals surface area (Å²) in [6.07, 6.45) is 0.956. The van der Waals surface area contributed by atoms with E-state index in [-0.39, 0.29) is 12.0 Å². The van der Waals surface area contributed by atoms with Gasteiger partial charge in [-0.25, -0.2) is 0 Å². The minimum atomic E-state index is -0.342. The number of aliphatic hydroxyl groups excluding tert-OH is 1. The van der Waals surface area contributed by atoms with Crippen LogP contribution in [0.15, 0.2) is 54.6 Å². The molecule has 3 nitrogen and oxygen atoms in total. The van der Waals surface area contributed by atoms with E-state index in [0.29, 0.717) is 24.9 Å². The Labute approximate surface area is 125 Å². The Bertz CT molecular complexity index is 564. The number of aliphatic hydroxyl groups is 1. The van der Waals surface area contributed by atoms with Crippen LogP contribution in [-0.2, 0) is 0 Å². The van der Waals surface area contributed by atoms with Crippen LogP contribution in [0.1, 0.15) is 30.1 Å². The van der Waals surface area contributed by atoms with Gasteiger partial charge in [0, 0.05) is 12.1 Å². The van der Waals surface area contributed by atoms with Crippen molar-refractivity contribution in [2.75, 3.05) is 6.54 Å². The monoisotopic (exact) mass is 283 g/mol. The smallest absolute Gasteiger partial charge is 0.251 e. The highest BCUT2D eigenvalue weighted by Gasteiger charge is 2.07. The van der Waals surface area contributed by atoms with Crippen molar-refractivity contribution in [2.45, 2.75) is 25.9 Å². The van der Waals surface area contributed by atoms with Gasteiger partial charge in [0.1, 0.15) is 0 Å². The van der Waals surface area contributed by atoms with Gasteiger partial charge in [0.15, 0.2) is 0 Å². The normalized spacial score (nSPS) is 11.9. The highest BCUT2D eigenvalue weighted by atomic mass is 16.3. The average molecular weight is 283 g/mol. The first-order valence-electron chi connectivity index (χ1n) is 7.32. The molecule has 21 heavy (non-hydrogen) atoms. The maximum absolute atomic E-state index is 12.0. The minimum Gasteiger partial charge on any atom is -0.393 e. The van der Waals surface area contributed by atoms with Crippen LogP contribution in [0.3, 0.4) is 0 Å². The lowest BCUT2D eigenvalue weighted by molar-refractivity contribution is 0.0942. The maximum Gasteiger partial charge on any atom is 0.251 e. The van der Waals surface area contributed by atoms with Crippen molar-refractivity contribution < 1.29 is 9.90 Å². The van der Waals surface area contributed by atoms with Gasteiger partial charge in [0.05, 0.1) is 6.10 Å². The number of benzene rings is 2. The summed E-state index contributed by atoms with van der Waals surface area (Å²) < 4.78 is 0. The molecule has 1 unspecified atom stereocenters. The van der Waals surface area contributed by atoms with Gasteiger partial charge in [0.2, 0.25) is 0 Å². The van der Waals surface area contributed by atoms with Crippen molar-refractivity contribution in [3.8, 4) is 11.1 Å². The summed E-state index contributed by atoms with van der Waals surface area (Å²) in [5.74, 6) is -0.0992. The lowest BCUT2D eigenvalue weighted by Crippen LogP contribution is -2.26. The fourth-order valence-electron chi connectivity index (χ4n) is 2.10. The Morgan fingerprint density at radius 1 is 1.05 bits per heavy atom. The van der Waals surface area contributed by atoms with Crippen molar-refractivity contribution >= 4 is 5.91 Å². The van der Waals surface area contributed by atoms with Gasteiger partial charge in [0.25, 0.3) is 5.91 Å². The first-order chi connectivity index (χ1) is 10.2. The summed E-state index contributed by atoms with van der Waals surface area (Å²) in [6.45, 7) is 2.42. The molecule has 0 radical (unpaired) electrons. The lowest BCUT2D eigenvalue weighted by Gasteiger charge is -2.09. The SMILES string of the molecule is CCC(O)CCNC(=O)c1ccc(-c2ccccc2)cc1. The number of carbonyl (C=O) groups excluding carboxylic acids is 1. The fraction of sp³-hybridized carbons (Fsp3) is 0.278. The molecule has 0 aromatic heterocycles. The largest absolute Gasteiger partial charge is 0.393 e. The third-order valence-corrected chi connectivity index (χ3v) is 3.49. The maximum atomic E-state index is 12.0. The van der Waals surface area contributed by atoms with E-state index in [1.54, 1.807) is 0 Å². The fourth-order valence-corrected chi connectivity index (χ4v) is 2.10. The van der Waals surface area contributed by atoms with E-state index in [1.807, 2.05) is 61.5 Å². The number of carbonyl (C=O) groups is 1. The molecule has 0 spiro atoms. The van der Waals surface area contributed by atoms with Crippen molar-refractivity contribution in [1.82, 2.24) is 5.32 Å². The molecular weight excluding hydrogens is 262 g/mol. The molecule has 0 aliphatic carbocycles. The van der Waals surface area contributed by atoms with Crippen LogP contribution in [0.5, 0.6) is 0 Å². The molecule has 110 valence electrons. The molecule has 0 bridgehead atoms. The van der Waals surface area contributed by atoms with Crippen LogP contribution in [-0.4, -0.2) is 23.7 Å². The van der Waals surface area contributed by atoms with E-state index < -0.39 is 0 Å². The van der Waals surface area contributed by atoms with Gasteiger partial charge in [-0.3, -0.25) is 4.79 Å². The number of amides is 1. The van der Waals surface area contributed by atoms with E-state index in [4.69, 9.17) is 0 Å². The first kappa shape index (κ1) is 15.3. The van der Waals surface area contributed by atoms with Gasteiger partial charge in [-0.1, -0.05) is 49.4 Å². The van der Waals surface area contributed by atoms with E-state index in [2.05, 4.69) is 5.32 Å². The Morgan fingerprint density at radius 2 is 1.67 bits per heavy atom. The average Bonchev–Trinajstić information content (AvgIpc) is 2.55. The summed E-state index contributed by atoms with van der Waals surface area (Å²) in [4.78, 5) is 12.0. The summed E-state index contributed by atoms with van der Waals surface area (Å²) >= 11 is 0. The Balaban J connectivity index is 1.94. The third kappa shape index (κ3) is 4.43. The van der Waals surface area contributed by atoms with E-state index in [0.717, 1.165) is 11.1 Å². The second-order valence-corrected chi connectivity index (χ2v) is 5.05. The minimum absolute atomic E-state index is 0.0992. The number of hydrogen-bond acceptors (Lipinski definition) is 2. The van der Waals surface area contributed by atoms with Gasteiger partial charge < -0.3 is 10.4 Å². The zero-order valence-electron chi connectivity index (χ0n) is 12.3. The molecular formula is C18H21NO2. The summed E-state index contributed by atoms with van der Waals surface area (Å²) in [5, 5.41) is 12.3. The Hall–Kier alpha value is -2.13. The van der Waals surface area contributed by atoms with Crippen molar-refractivity contribution in [3.05, 3.63) is 60.2 Å². The summed E-state index contributed by atoms with van der Waals surface area (Å²) in [6, 6.07) is 17.6. The molecule has 3 heteroatoms. The summed E-state index contributed by atoms with van der Waals surface area (Å²) in [7, 11) is 0. The predicted octanol–water partition coefficient (Wildman–Crippen LogP) is 3.24. The van der Waals surface area contributed by atoms with Crippen molar-refractivity contribution in [3.63, 3.8) is 0 Å². The van der Waals surface area contributed by atoms with Gasteiger partial charge in [-0.05, 0) is 36.1 Å². The Kier molecular flexibility index (Phi) is 5.52. The zero-order valence-corrected chi connectivity index (χ0v) is 12.3. The number of nitrogens with one attached hydrogen (secondary N) is 1. The summed E-state index contributed by atoms with van der Waals surface area (Å²) in [5.41, 5.74) is 2.87. The number of rotatable bonds is 6. The molecule has 2 aromatic rings. The standard InChI is InChI=1S/C18H21NO2/c1-2-17(20)12-13-19-18(21)16-10-8-15(9-11-16)14-6-4-3-5-7-14/h3-11,17,20H,2,12-13H2,1H3,(H,19,21). The quantitative estimate of drug-likeness (QED) is 0.855. The molecule has 2 aromatic carbocycles. The first-order valence-corrected chi connectivity index (χ1v) is 7.32. The van der Waals surface area contributed by atoms with Crippen molar-refractivity contribution in [1.29, 1.82) is 0 Å². The van der Waals surface area contributed by atoms with Crippen LogP contribution in [0, 0.1) is 0 Å². The molecule has 0 aliphatic heterocycles. The molecule has 2 rings (SSSR count). The molecule has 0 aliphatic rings. The lowest BCUT2D eigenvalue weighted by atomic mass is 10.0. The second-order valence-electron chi connectivity index (χ2n) is 5.05. The van der Waals surface area contributed by atoms with E-state index in [9.17, 15) is 9.90 Å². The van der Waals surface area contributed by atoms with E-state index in [1.165, 1.54) is 0 Å². The van der Waals surface area contributed by atoms with Crippen LogP contribution >= 0.6 is 0 Å². The highest BCUT2D eigenvalue weighted by Crippen LogP contribution is 2.19. The van der Waals surface area contributed by atoms with Crippen LogP contribution in [0.25, 0.3) is 11.1 Å². The Morgan fingerprint density at radius 3 is 2.29 bits per heavy atom. The molecule has 0 fully saturated rings. The molecule has 0 saturated heterocycles. The van der Waals surface area contributed by atoms with Gasteiger partial charge in [-0.2, -0.15) is 0 Å². The molecule has 1 amide bonds. The van der Waals surface area contributed by atoms with Crippen LogP contribution < -0.4 is 5.32 Å². The second kappa shape index (κ2) is 7.60. The van der Waals surface area contributed by atoms with Crippen molar-refractivity contribution in [2.24, 2.45) is 0 Å². The molecule has 2 N–H and O–H groups in total. The third-order valence-electron chi connectivity index (χ3n) is 3.49. The predicted molar refractivity (Wildman–Crippen MR) is 85.1 cm³/mol. The zero-order chi connectivity index (χ0) is 15.1. The molecule has 0 saturated carbocycles.